The molecule has 1 spiro atoms. The van der Waals surface area contributed by atoms with Crippen molar-refractivity contribution in [1.82, 2.24) is 15.3 Å². The Morgan fingerprint density at radius 3 is 2.54 bits per heavy atom. The predicted octanol–water partition coefficient (Wildman–Crippen LogP) is 4.41. The van der Waals surface area contributed by atoms with Gasteiger partial charge in [0.15, 0.2) is 5.82 Å². The first-order chi connectivity index (χ1) is 18.0. The Bertz CT molecular complexity index is 1200. The van der Waals surface area contributed by atoms with E-state index in [1.807, 2.05) is 13.1 Å². The molecule has 2 aromatic rings. The maximum Gasteiger partial charge on any atom is 0.251 e. The van der Waals surface area contributed by atoms with Crippen LogP contribution in [0.1, 0.15) is 74.6 Å². The van der Waals surface area contributed by atoms with Crippen LogP contribution in [-0.2, 0) is 4.79 Å². The number of hydrogen-bond donors (Lipinski definition) is 2. The fourth-order valence-electron chi connectivity index (χ4n) is 6.24. The minimum absolute atomic E-state index is 0.0769. The average molecular weight is 505 g/mol. The zero-order valence-electron chi connectivity index (χ0n) is 21.8. The molecule has 3 aliphatic carbocycles. The molecule has 9 nitrogen and oxygen atoms in total. The molecule has 37 heavy (non-hydrogen) atoms. The van der Waals surface area contributed by atoms with Gasteiger partial charge in [-0.1, -0.05) is 25.7 Å². The molecular weight excluding hydrogens is 468 g/mol. The van der Waals surface area contributed by atoms with Crippen molar-refractivity contribution in [1.29, 1.82) is 0 Å². The van der Waals surface area contributed by atoms with Gasteiger partial charge in [0.25, 0.3) is 5.91 Å². The van der Waals surface area contributed by atoms with Gasteiger partial charge in [-0.15, -0.1) is 0 Å². The molecule has 0 unspecified atom stereocenters. The van der Waals surface area contributed by atoms with Crippen molar-refractivity contribution in [2.24, 2.45) is 5.41 Å². The van der Waals surface area contributed by atoms with Crippen LogP contribution in [0.3, 0.4) is 0 Å². The minimum Gasteiger partial charge on any atom is -0.495 e. The predicted molar refractivity (Wildman–Crippen MR) is 143 cm³/mol. The molecule has 0 saturated heterocycles. The van der Waals surface area contributed by atoms with E-state index in [1.54, 1.807) is 30.3 Å². The number of carbonyl (C=O) groups is 2. The molecule has 2 amide bonds. The zero-order chi connectivity index (χ0) is 25.6. The van der Waals surface area contributed by atoms with Crippen LogP contribution >= 0.6 is 0 Å². The van der Waals surface area contributed by atoms with Crippen molar-refractivity contribution in [3.63, 3.8) is 0 Å². The molecule has 0 bridgehead atoms. The Kier molecular flexibility index (Phi) is 6.16. The van der Waals surface area contributed by atoms with Gasteiger partial charge in [-0.3, -0.25) is 9.59 Å². The SMILES string of the molecule is COc1cc(C(=O)NC2CCCC2)ccc1Nc1ncc2c(n1)N(C1CCCC1)CC1(CC1)C(=O)N2C. The topological polar surface area (TPSA) is 99.7 Å². The van der Waals surface area contributed by atoms with Gasteiger partial charge in [0, 0.05) is 31.2 Å². The van der Waals surface area contributed by atoms with Crippen LogP contribution in [0.5, 0.6) is 5.75 Å². The lowest BCUT2D eigenvalue weighted by atomic mass is 10.0. The second-order valence-electron chi connectivity index (χ2n) is 11.1. The Morgan fingerprint density at radius 1 is 1.11 bits per heavy atom. The van der Waals surface area contributed by atoms with Gasteiger partial charge in [0.05, 0.1) is 24.4 Å². The van der Waals surface area contributed by atoms with Gasteiger partial charge in [-0.25, -0.2) is 4.98 Å². The Balaban J connectivity index is 1.28. The highest BCUT2D eigenvalue weighted by Gasteiger charge is 2.55. The van der Waals surface area contributed by atoms with E-state index in [-0.39, 0.29) is 23.3 Å². The first kappa shape index (κ1) is 24.0. The summed E-state index contributed by atoms with van der Waals surface area (Å²) in [6, 6.07) is 6.04. The van der Waals surface area contributed by atoms with Crippen molar-refractivity contribution in [2.45, 2.75) is 76.3 Å². The van der Waals surface area contributed by atoms with Crippen LogP contribution < -0.4 is 25.2 Å². The number of fused-ring (bicyclic) bond motifs is 1. The maximum absolute atomic E-state index is 13.3. The second kappa shape index (κ2) is 9.50. The lowest BCUT2D eigenvalue weighted by Gasteiger charge is -2.31. The van der Waals surface area contributed by atoms with Crippen LogP contribution in [-0.4, -0.2) is 54.6 Å². The number of benzene rings is 1. The summed E-state index contributed by atoms with van der Waals surface area (Å²) in [6.07, 6.45) is 12.7. The first-order valence-corrected chi connectivity index (χ1v) is 13.7. The second-order valence-corrected chi connectivity index (χ2v) is 11.1. The van der Waals surface area contributed by atoms with Crippen molar-refractivity contribution >= 4 is 35.0 Å². The van der Waals surface area contributed by atoms with E-state index in [4.69, 9.17) is 9.72 Å². The molecule has 0 radical (unpaired) electrons. The van der Waals surface area contributed by atoms with Crippen LogP contribution in [0.25, 0.3) is 0 Å². The monoisotopic (exact) mass is 504 g/mol. The Morgan fingerprint density at radius 2 is 1.84 bits per heavy atom. The molecule has 1 aromatic heterocycles. The summed E-state index contributed by atoms with van der Waals surface area (Å²) >= 11 is 0. The molecule has 1 aromatic carbocycles. The summed E-state index contributed by atoms with van der Waals surface area (Å²) in [6.45, 7) is 0.721. The van der Waals surface area contributed by atoms with Crippen molar-refractivity contribution in [3.8, 4) is 5.75 Å². The van der Waals surface area contributed by atoms with Gasteiger partial charge < -0.3 is 25.2 Å². The van der Waals surface area contributed by atoms with E-state index in [0.29, 0.717) is 29.0 Å². The number of nitrogens with one attached hydrogen (secondary N) is 2. The lowest BCUT2D eigenvalue weighted by Crippen LogP contribution is -2.41. The van der Waals surface area contributed by atoms with E-state index in [9.17, 15) is 9.59 Å². The fourth-order valence-corrected chi connectivity index (χ4v) is 6.24. The highest BCUT2D eigenvalue weighted by Crippen LogP contribution is 2.52. The van der Waals surface area contributed by atoms with E-state index in [2.05, 4.69) is 20.5 Å². The van der Waals surface area contributed by atoms with Gasteiger partial charge >= 0.3 is 0 Å². The third-order valence-corrected chi connectivity index (χ3v) is 8.63. The lowest BCUT2D eigenvalue weighted by molar-refractivity contribution is -0.122. The molecule has 4 aliphatic rings. The number of carbonyl (C=O) groups excluding carboxylic acids is 2. The number of anilines is 4. The van der Waals surface area contributed by atoms with E-state index in [0.717, 1.165) is 56.6 Å². The van der Waals surface area contributed by atoms with Gasteiger partial charge in [-0.2, -0.15) is 4.98 Å². The van der Waals surface area contributed by atoms with E-state index in [1.165, 1.54) is 25.7 Å². The fraction of sp³-hybridized carbons (Fsp3) is 0.571. The van der Waals surface area contributed by atoms with Crippen molar-refractivity contribution in [3.05, 3.63) is 30.0 Å². The number of rotatable bonds is 6. The summed E-state index contributed by atoms with van der Waals surface area (Å²) in [5.41, 5.74) is 1.73. The Hall–Kier alpha value is -3.36. The summed E-state index contributed by atoms with van der Waals surface area (Å²) in [4.78, 5) is 39.7. The smallest absolute Gasteiger partial charge is 0.251 e. The van der Waals surface area contributed by atoms with Gasteiger partial charge in [-0.05, 0) is 56.7 Å². The molecule has 196 valence electrons. The van der Waals surface area contributed by atoms with E-state index >= 15 is 0 Å². The molecule has 9 heteroatoms. The summed E-state index contributed by atoms with van der Waals surface area (Å²) in [7, 11) is 3.43. The minimum atomic E-state index is -0.288. The zero-order valence-corrected chi connectivity index (χ0v) is 21.8. The van der Waals surface area contributed by atoms with Gasteiger partial charge in [0.2, 0.25) is 11.9 Å². The quantitative estimate of drug-likeness (QED) is 0.601. The highest BCUT2D eigenvalue weighted by molar-refractivity contribution is 6.03. The summed E-state index contributed by atoms with van der Waals surface area (Å²) < 4.78 is 5.62. The largest absolute Gasteiger partial charge is 0.495 e. The summed E-state index contributed by atoms with van der Waals surface area (Å²) in [5, 5.41) is 6.43. The van der Waals surface area contributed by atoms with Gasteiger partial charge in [0.1, 0.15) is 11.4 Å². The van der Waals surface area contributed by atoms with Crippen LogP contribution in [0.2, 0.25) is 0 Å². The number of nitrogens with zero attached hydrogens (tertiary/aromatic N) is 4. The standard InChI is InChI=1S/C28H36N6O3/c1-33-22-16-29-27(32-24(22)34(20-9-5-6-10-20)17-28(13-14-28)26(33)36)31-21-12-11-18(15-23(21)37-2)25(35)30-19-7-3-4-8-19/h11-12,15-16,19-20H,3-10,13-14,17H2,1-2H3,(H,30,35)(H,29,31,32). The highest BCUT2D eigenvalue weighted by atomic mass is 16.5. The third-order valence-electron chi connectivity index (χ3n) is 8.63. The van der Waals surface area contributed by atoms with Crippen LogP contribution in [0.15, 0.2) is 24.4 Å². The number of hydrogen-bond acceptors (Lipinski definition) is 7. The molecule has 3 saturated carbocycles. The maximum atomic E-state index is 13.3. The number of amides is 2. The van der Waals surface area contributed by atoms with Crippen LogP contribution in [0, 0.1) is 5.41 Å². The number of methoxy groups -OCH3 is 1. The molecule has 2 N–H and O–H groups in total. The van der Waals surface area contributed by atoms with Crippen LogP contribution in [0.4, 0.5) is 23.1 Å². The molecule has 6 rings (SSSR count). The number of ether oxygens (including phenoxy) is 1. The molecule has 1 aliphatic heterocycles. The normalized spacial score (nSPS) is 21.2. The van der Waals surface area contributed by atoms with Crippen molar-refractivity contribution in [2.75, 3.05) is 35.8 Å². The molecular formula is C28H36N6O3. The molecule has 2 heterocycles. The van der Waals surface area contributed by atoms with Crippen molar-refractivity contribution < 1.29 is 14.3 Å². The molecule has 0 atom stereocenters. The molecule has 3 fully saturated rings. The first-order valence-electron chi connectivity index (χ1n) is 13.7. The average Bonchev–Trinajstić information content (AvgIpc) is 3.27. The van der Waals surface area contributed by atoms with E-state index < -0.39 is 0 Å². The Labute approximate surface area is 218 Å². The summed E-state index contributed by atoms with van der Waals surface area (Å²) in [5.74, 6) is 1.90. The third kappa shape index (κ3) is 4.49. The number of aromatic nitrogens is 2.